The van der Waals surface area contributed by atoms with Crippen LogP contribution in [0.2, 0.25) is 0 Å². The fourth-order valence-corrected chi connectivity index (χ4v) is 5.84. The summed E-state index contributed by atoms with van der Waals surface area (Å²) in [6.45, 7) is 21.5. The van der Waals surface area contributed by atoms with Gasteiger partial charge in [-0.25, -0.2) is 9.59 Å². The van der Waals surface area contributed by atoms with Gasteiger partial charge in [0, 0.05) is 6.42 Å². The molecule has 2 rings (SSSR count). The van der Waals surface area contributed by atoms with E-state index in [4.69, 9.17) is 23.7 Å². The summed E-state index contributed by atoms with van der Waals surface area (Å²) in [5.41, 5.74) is -4.67. The summed E-state index contributed by atoms with van der Waals surface area (Å²) in [6, 6.07) is 12.8. The summed E-state index contributed by atoms with van der Waals surface area (Å²) < 4.78 is 29.1. The third-order valence-corrected chi connectivity index (χ3v) is 9.04. The number of amides is 4. The minimum Gasteiger partial charge on any atom is -0.481 e. The first-order chi connectivity index (χ1) is 28.0. The van der Waals surface area contributed by atoms with Crippen molar-refractivity contribution in [3.05, 3.63) is 66.2 Å². The fourth-order valence-electron chi connectivity index (χ4n) is 5.84. The van der Waals surface area contributed by atoms with Crippen LogP contribution in [0.3, 0.4) is 0 Å². The number of carboxylic acid groups (broad SMARTS) is 1. The van der Waals surface area contributed by atoms with Gasteiger partial charge >= 0.3 is 18.0 Å². The SMILES string of the molecule is C[C@@H](OC(C)(C)C)[C@H](NC(=O)OCc1ccccc1)C(=O)N[C@@H](COC(C)(C)C)C(=O)N[C@@H](COC(C)(C)C)C(=O)N[C@@](CCC(=O)O)(C(=O)Oc1ccccc1)C(C)(C)C. The first kappa shape index (κ1) is 52.1. The summed E-state index contributed by atoms with van der Waals surface area (Å²) in [6.07, 6.45) is -2.71. The molecule has 0 aliphatic carbocycles. The Balaban J connectivity index is 2.55. The van der Waals surface area contributed by atoms with Crippen molar-refractivity contribution in [2.75, 3.05) is 13.2 Å². The minimum absolute atomic E-state index is 0.0726. The van der Waals surface area contributed by atoms with E-state index in [9.17, 15) is 33.9 Å². The quantitative estimate of drug-likeness (QED) is 0.0830. The van der Waals surface area contributed by atoms with Gasteiger partial charge in [-0.05, 0) is 98.8 Å². The maximum atomic E-state index is 14.5. The second kappa shape index (κ2) is 22.2. The molecule has 0 radical (unpaired) electrons. The van der Waals surface area contributed by atoms with Crippen molar-refractivity contribution in [3.63, 3.8) is 0 Å². The highest BCUT2D eigenvalue weighted by molar-refractivity contribution is 5.96. The molecule has 0 fully saturated rings. The number of nitrogens with one attached hydrogen (secondary N) is 4. The maximum Gasteiger partial charge on any atom is 0.408 e. The van der Waals surface area contributed by atoms with Crippen molar-refractivity contribution in [2.24, 2.45) is 5.41 Å². The number of esters is 1. The van der Waals surface area contributed by atoms with Gasteiger partial charge in [0.25, 0.3) is 0 Å². The van der Waals surface area contributed by atoms with Gasteiger partial charge in [-0.1, -0.05) is 69.3 Å². The average Bonchev–Trinajstić information content (AvgIpc) is 3.13. The standard InChI is InChI=1S/C45H68N4O12/c1-29(61-44(11,12)13)35(48-40(56)57-26-30-20-16-14-17-21-30)38(54)47-32(27-58-42(5,6)7)36(52)46-33(28-59-43(8,9)10)37(53)49-45(41(2,3)4,25-24-34(50)51)39(55)60-31-22-18-15-19-23-31/h14-23,29,32-33,35H,24-28H2,1-13H3,(H,46,52)(H,47,54)(H,48,56)(H,49,53)(H,50,51)/t29-,32+,33+,35+,45+/m1/s1. The second-order valence-corrected chi connectivity index (χ2v) is 18.8. The lowest BCUT2D eigenvalue weighted by molar-refractivity contribution is -0.153. The van der Waals surface area contributed by atoms with Crippen LogP contribution in [0, 0.1) is 5.41 Å². The zero-order chi connectivity index (χ0) is 46.4. The fraction of sp³-hybridized carbons (Fsp3) is 0.600. The van der Waals surface area contributed by atoms with Gasteiger partial charge < -0.3 is 50.1 Å². The van der Waals surface area contributed by atoms with Crippen molar-refractivity contribution in [1.29, 1.82) is 0 Å². The van der Waals surface area contributed by atoms with E-state index in [0.29, 0.717) is 0 Å². The molecular formula is C45H68N4O12. The Kier molecular flexibility index (Phi) is 18.9. The molecule has 0 spiro atoms. The van der Waals surface area contributed by atoms with Crippen LogP contribution in [0.5, 0.6) is 5.75 Å². The topological polar surface area (TPSA) is 217 Å². The van der Waals surface area contributed by atoms with E-state index >= 15 is 0 Å². The summed E-state index contributed by atoms with van der Waals surface area (Å²) in [5, 5.41) is 20.4. The largest absolute Gasteiger partial charge is 0.481 e. The highest BCUT2D eigenvalue weighted by atomic mass is 16.6. The van der Waals surface area contributed by atoms with E-state index in [1.807, 2.05) is 6.07 Å². The third-order valence-electron chi connectivity index (χ3n) is 9.04. The summed E-state index contributed by atoms with van der Waals surface area (Å²) >= 11 is 0. The lowest BCUT2D eigenvalue weighted by Crippen LogP contribution is -2.67. The number of carbonyl (C=O) groups is 6. The van der Waals surface area contributed by atoms with Crippen LogP contribution in [0.15, 0.2) is 60.7 Å². The monoisotopic (exact) mass is 856 g/mol. The Morgan fingerprint density at radius 1 is 0.639 bits per heavy atom. The number of ether oxygens (including phenoxy) is 5. The number of carboxylic acids is 1. The molecule has 4 amide bonds. The van der Waals surface area contributed by atoms with E-state index in [1.165, 1.54) is 0 Å². The van der Waals surface area contributed by atoms with Crippen LogP contribution in [0.25, 0.3) is 0 Å². The number of benzene rings is 2. The molecule has 16 heteroatoms. The van der Waals surface area contributed by atoms with Crippen molar-refractivity contribution in [3.8, 4) is 5.75 Å². The lowest BCUT2D eigenvalue weighted by atomic mass is 9.70. The van der Waals surface area contributed by atoms with Crippen LogP contribution < -0.4 is 26.0 Å². The maximum absolute atomic E-state index is 14.5. The molecule has 5 N–H and O–H groups in total. The van der Waals surface area contributed by atoms with Crippen molar-refractivity contribution >= 4 is 35.8 Å². The van der Waals surface area contributed by atoms with Crippen LogP contribution >= 0.6 is 0 Å². The molecule has 61 heavy (non-hydrogen) atoms. The Labute approximate surface area is 360 Å². The molecule has 0 saturated carbocycles. The molecule has 16 nitrogen and oxygen atoms in total. The van der Waals surface area contributed by atoms with Crippen LogP contribution in [-0.2, 0) is 49.5 Å². The summed E-state index contributed by atoms with van der Waals surface area (Å²) in [5.74, 6) is -4.54. The predicted octanol–water partition coefficient (Wildman–Crippen LogP) is 5.46. The first-order valence-electron chi connectivity index (χ1n) is 20.4. The highest BCUT2D eigenvalue weighted by Gasteiger charge is 2.52. The van der Waals surface area contributed by atoms with Gasteiger partial charge in [-0.3, -0.25) is 19.2 Å². The van der Waals surface area contributed by atoms with E-state index in [-0.39, 0.29) is 25.4 Å². The van der Waals surface area contributed by atoms with Gasteiger partial charge in [-0.15, -0.1) is 0 Å². The van der Waals surface area contributed by atoms with E-state index in [0.717, 1.165) is 5.56 Å². The Morgan fingerprint density at radius 2 is 1.13 bits per heavy atom. The number of hydrogen-bond acceptors (Lipinski definition) is 11. The molecule has 0 aliphatic rings. The average molecular weight is 857 g/mol. The molecule has 2 aromatic rings. The highest BCUT2D eigenvalue weighted by Crippen LogP contribution is 2.36. The molecule has 5 atom stereocenters. The van der Waals surface area contributed by atoms with Gasteiger partial charge in [-0.2, -0.15) is 0 Å². The van der Waals surface area contributed by atoms with Crippen LogP contribution in [0.4, 0.5) is 4.79 Å². The molecule has 340 valence electrons. The number of hydrogen-bond donors (Lipinski definition) is 5. The van der Waals surface area contributed by atoms with Crippen molar-refractivity contribution < 1.29 is 57.6 Å². The van der Waals surface area contributed by atoms with Crippen molar-refractivity contribution in [1.82, 2.24) is 21.3 Å². The molecule has 0 unspecified atom stereocenters. The molecule has 2 aromatic carbocycles. The van der Waals surface area contributed by atoms with Gasteiger partial charge in [0.2, 0.25) is 17.7 Å². The van der Waals surface area contributed by atoms with Crippen LogP contribution in [0.1, 0.15) is 108 Å². The van der Waals surface area contributed by atoms with Gasteiger partial charge in [0.15, 0.2) is 0 Å². The first-order valence-corrected chi connectivity index (χ1v) is 20.4. The molecular weight excluding hydrogens is 789 g/mol. The van der Waals surface area contributed by atoms with Gasteiger partial charge in [0.05, 0.1) is 36.1 Å². The lowest BCUT2D eigenvalue weighted by Gasteiger charge is -2.43. The van der Waals surface area contributed by atoms with E-state index in [2.05, 4.69) is 21.3 Å². The molecule has 0 heterocycles. The second-order valence-electron chi connectivity index (χ2n) is 18.8. The van der Waals surface area contributed by atoms with E-state index in [1.54, 1.807) is 145 Å². The number of carbonyl (C=O) groups excluding carboxylic acids is 5. The third kappa shape index (κ3) is 18.6. The predicted molar refractivity (Wildman–Crippen MR) is 228 cm³/mol. The Bertz CT molecular complexity index is 1760. The number of rotatable bonds is 20. The molecule has 0 aromatic heterocycles. The van der Waals surface area contributed by atoms with Gasteiger partial charge in [0.1, 0.15) is 36.0 Å². The number of para-hydroxylation sites is 1. The van der Waals surface area contributed by atoms with E-state index < -0.39 is 101 Å². The Hall–Kier alpha value is -5.06. The zero-order valence-electron chi connectivity index (χ0n) is 38.1. The van der Waals surface area contributed by atoms with Crippen LogP contribution in [-0.4, -0.2) is 101 Å². The van der Waals surface area contributed by atoms with Crippen molar-refractivity contribution in [2.45, 2.75) is 156 Å². The summed E-state index contributed by atoms with van der Waals surface area (Å²) in [7, 11) is 0. The smallest absolute Gasteiger partial charge is 0.408 e. The molecule has 0 saturated heterocycles. The summed E-state index contributed by atoms with van der Waals surface area (Å²) in [4.78, 5) is 82.1. The Morgan fingerprint density at radius 3 is 1.61 bits per heavy atom. The number of aliphatic carboxylic acids is 1. The molecule has 0 aliphatic heterocycles. The zero-order valence-corrected chi connectivity index (χ0v) is 38.1. The molecule has 0 bridgehead atoms. The minimum atomic E-state index is -1.93. The number of alkyl carbamates (subject to hydrolysis) is 1. The normalized spacial score (nSPS) is 15.2.